The van der Waals surface area contributed by atoms with E-state index in [4.69, 9.17) is 5.73 Å². The van der Waals surface area contributed by atoms with E-state index in [1.807, 2.05) is 32.0 Å². The van der Waals surface area contributed by atoms with Crippen LogP contribution in [0.3, 0.4) is 0 Å². The van der Waals surface area contributed by atoms with Gasteiger partial charge >= 0.3 is 6.18 Å². The number of nitrogens with one attached hydrogen (secondary N) is 1. The molecule has 0 aromatic heterocycles. The number of rotatable bonds is 6. The lowest BCUT2D eigenvalue weighted by Gasteiger charge is -2.16. The number of primary amides is 1. The Labute approximate surface area is 155 Å². The fourth-order valence-corrected chi connectivity index (χ4v) is 2.63. The van der Waals surface area contributed by atoms with E-state index < -0.39 is 29.6 Å². The van der Waals surface area contributed by atoms with Gasteiger partial charge in [-0.2, -0.15) is 13.2 Å². The lowest BCUT2D eigenvalue weighted by molar-refractivity contribution is -0.137. The normalized spacial score (nSPS) is 12.5. The lowest BCUT2D eigenvalue weighted by atomic mass is 10.0. The minimum absolute atomic E-state index is 0.144. The van der Waals surface area contributed by atoms with Gasteiger partial charge in [0, 0.05) is 6.42 Å². The Kier molecular flexibility index (Phi) is 6.25. The molecule has 0 bridgehead atoms. The van der Waals surface area contributed by atoms with Gasteiger partial charge in [-0.1, -0.05) is 30.3 Å². The summed E-state index contributed by atoms with van der Waals surface area (Å²) in [5.74, 6) is -1.16. The topological polar surface area (TPSA) is 72.2 Å². The molecule has 144 valence electrons. The molecule has 7 heteroatoms. The van der Waals surface area contributed by atoms with Gasteiger partial charge in [-0.3, -0.25) is 9.59 Å². The largest absolute Gasteiger partial charge is 0.416 e. The van der Waals surface area contributed by atoms with Crippen LogP contribution in [0.15, 0.2) is 42.5 Å². The minimum Gasteiger partial charge on any atom is -0.368 e. The molecule has 0 aliphatic heterocycles. The smallest absolute Gasteiger partial charge is 0.368 e. The molecule has 0 radical (unpaired) electrons. The van der Waals surface area contributed by atoms with Crippen LogP contribution in [0.2, 0.25) is 0 Å². The fraction of sp³-hybridized carbons (Fsp3) is 0.300. The van der Waals surface area contributed by atoms with Crippen LogP contribution in [0.25, 0.3) is 0 Å². The van der Waals surface area contributed by atoms with Crippen molar-refractivity contribution >= 4 is 11.8 Å². The van der Waals surface area contributed by atoms with Crippen molar-refractivity contribution in [3.8, 4) is 0 Å². The van der Waals surface area contributed by atoms with Crippen LogP contribution in [0, 0.1) is 13.8 Å². The number of benzene rings is 2. The molecular formula is C20H21F3N2O2. The number of amides is 2. The second kappa shape index (κ2) is 8.24. The molecule has 2 aromatic rings. The second-order valence-electron chi connectivity index (χ2n) is 6.52. The van der Waals surface area contributed by atoms with Crippen LogP contribution in [0.5, 0.6) is 0 Å². The number of alkyl halides is 3. The Hall–Kier alpha value is -2.83. The number of nitrogens with two attached hydrogens (primary N) is 1. The van der Waals surface area contributed by atoms with E-state index >= 15 is 0 Å². The van der Waals surface area contributed by atoms with Crippen LogP contribution in [0.4, 0.5) is 13.2 Å². The molecule has 0 aliphatic rings. The summed E-state index contributed by atoms with van der Waals surface area (Å²) in [6.45, 7) is 3.91. The Morgan fingerprint density at radius 3 is 2.11 bits per heavy atom. The second-order valence-corrected chi connectivity index (χ2v) is 6.52. The molecule has 0 heterocycles. The van der Waals surface area contributed by atoms with Crippen molar-refractivity contribution in [2.24, 2.45) is 5.73 Å². The zero-order valence-electron chi connectivity index (χ0n) is 15.1. The van der Waals surface area contributed by atoms with Gasteiger partial charge in [0.15, 0.2) is 0 Å². The number of aryl methyl sites for hydroxylation is 2. The van der Waals surface area contributed by atoms with Gasteiger partial charge in [0.05, 0.1) is 12.0 Å². The summed E-state index contributed by atoms with van der Waals surface area (Å²) < 4.78 is 37.7. The zero-order chi connectivity index (χ0) is 20.2. The van der Waals surface area contributed by atoms with E-state index in [0.29, 0.717) is 5.56 Å². The average Bonchev–Trinajstić information content (AvgIpc) is 2.57. The van der Waals surface area contributed by atoms with E-state index in [2.05, 4.69) is 5.32 Å². The van der Waals surface area contributed by atoms with Crippen molar-refractivity contribution in [1.82, 2.24) is 5.32 Å². The molecule has 0 unspecified atom stereocenters. The third kappa shape index (κ3) is 5.84. The summed E-state index contributed by atoms with van der Waals surface area (Å²) in [4.78, 5) is 23.9. The highest BCUT2D eigenvalue weighted by Gasteiger charge is 2.30. The van der Waals surface area contributed by atoms with Crippen LogP contribution in [-0.2, 0) is 28.6 Å². The molecule has 0 fully saturated rings. The molecule has 0 spiro atoms. The van der Waals surface area contributed by atoms with Gasteiger partial charge < -0.3 is 11.1 Å². The highest BCUT2D eigenvalue weighted by atomic mass is 19.4. The average molecular weight is 378 g/mol. The van der Waals surface area contributed by atoms with Gasteiger partial charge in [-0.05, 0) is 48.2 Å². The lowest BCUT2D eigenvalue weighted by Crippen LogP contribution is -2.46. The van der Waals surface area contributed by atoms with Crippen LogP contribution >= 0.6 is 0 Å². The maximum absolute atomic E-state index is 12.6. The molecule has 0 aliphatic carbocycles. The Morgan fingerprint density at radius 2 is 1.59 bits per heavy atom. The molecule has 3 N–H and O–H groups in total. The van der Waals surface area contributed by atoms with Crippen molar-refractivity contribution in [3.05, 3.63) is 70.3 Å². The van der Waals surface area contributed by atoms with Crippen molar-refractivity contribution < 1.29 is 22.8 Å². The van der Waals surface area contributed by atoms with E-state index in [0.717, 1.165) is 28.8 Å². The molecule has 2 amide bonds. The van der Waals surface area contributed by atoms with Gasteiger partial charge in [-0.15, -0.1) is 0 Å². The maximum atomic E-state index is 12.6. The summed E-state index contributed by atoms with van der Waals surface area (Å²) in [7, 11) is 0. The first kappa shape index (κ1) is 20.5. The third-order valence-corrected chi connectivity index (χ3v) is 4.34. The molecule has 0 saturated heterocycles. The number of halogens is 3. The number of hydrogen-bond acceptors (Lipinski definition) is 2. The first-order chi connectivity index (χ1) is 12.6. The van der Waals surface area contributed by atoms with Gasteiger partial charge in [0.25, 0.3) is 0 Å². The predicted octanol–water partition coefficient (Wildman–Crippen LogP) is 3.08. The van der Waals surface area contributed by atoms with Crippen LogP contribution in [0.1, 0.15) is 27.8 Å². The zero-order valence-corrected chi connectivity index (χ0v) is 15.1. The third-order valence-electron chi connectivity index (χ3n) is 4.34. The van der Waals surface area contributed by atoms with E-state index in [1.54, 1.807) is 0 Å². The SMILES string of the molecule is Cc1ccc(C[C@H](NC(=O)Cc2ccc(C(F)(F)F)cc2)C(N)=O)cc1C. The van der Waals surface area contributed by atoms with E-state index in [9.17, 15) is 22.8 Å². The maximum Gasteiger partial charge on any atom is 0.416 e. The fourth-order valence-electron chi connectivity index (χ4n) is 2.63. The van der Waals surface area contributed by atoms with Crippen molar-refractivity contribution in [2.45, 2.75) is 38.9 Å². The van der Waals surface area contributed by atoms with Crippen LogP contribution < -0.4 is 11.1 Å². The summed E-state index contributed by atoms with van der Waals surface area (Å²) in [6.07, 6.45) is -4.33. The summed E-state index contributed by atoms with van der Waals surface area (Å²) in [5.41, 5.74) is 8.05. The quantitative estimate of drug-likeness (QED) is 0.811. The van der Waals surface area contributed by atoms with Crippen molar-refractivity contribution in [3.63, 3.8) is 0 Å². The molecule has 2 rings (SSSR count). The molecule has 27 heavy (non-hydrogen) atoms. The molecule has 1 atom stereocenters. The molecular weight excluding hydrogens is 357 g/mol. The molecule has 4 nitrogen and oxygen atoms in total. The number of hydrogen-bond donors (Lipinski definition) is 2. The van der Waals surface area contributed by atoms with Gasteiger partial charge in [-0.25, -0.2) is 0 Å². The Morgan fingerprint density at radius 1 is 1.00 bits per heavy atom. The van der Waals surface area contributed by atoms with E-state index in [1.165, 1.54) is 12.1 Å². The Bertz CT molecular complexity index is 830. The monoisotopic (exact) mass is 378 g/mol. The highest BCUT2D eigenvalue weighted by Crippen LogP contribution is 2.29. The Balaban J connectivity index is 2.02. The van der Waals surface area contributed by atoms with Gasteiger partial charge in [0.1, 0.15) is 6.04 Å². The predicted molar refractivity (Wildman–Crippen MR) is 95.9 cm³/mol. The van der Waals surface area contributed by atoms with Gasteiger partial charge in [0.2, 0.25) is 11.8 Å². The van der Waals surface area contributed by atoms with Crippen molar-refractivity contribution in [2.75, 3.05) is 0 Å². The number of carbonyl (C=O) groups excluding carboxylic acids is 2. The summed E-state index contributed by atoms with van der Waals surface area (Å²) >= 11 is 0. The van der Waals surface area contributed by atoms with Crippen LogP contribution in [-0.4, -0.2) is 17.9 Å². The summed E-state index contributed by atoms with van der Waals surface area (Å²) in [5, 5.41) is 2.56. The standard InChI is InChI=1S/C20H21F3N2O2/c1-12-3-4-15(9-13(12)2)10-17(19(24)27)25-18(26)11-14-5-7-16(8-6-14)20(21,22)23/h3-9,17H,10-11H2,1-2H3,(H2,24,27)(H,25,26)/t17-/m0/s1. The molecule has 2 aromatic carbocycles. The first-order valence-corrected chi connectivity index (χ1v) is 8.37. The first-order valence-electron chi connectivity index (χ1n) is 8.37. The number of carbonyl (C=O) groups is 2. The minimum atomic E-state index is -4.43. The van der Waals surface area contributed by atoms with E-state index in [-0.39, 0.29) is 12.8 Å². The summed E-state index contributed by atoms with van der Waals surface area (Å²) in [6, 6.07) is 9.14. The molecule has 0 saturated carbocycles. The van der Waals surface area contributed by atoms with Crippen molar-refractivity contribution in [1.29, 1.82) is 0 Å². The highest BCUT2D eigenvalue weighted by molar-refractivity contribution is 5.87.